The summed E-state index contributed by atoms with van der Waals surface area (Å²) in [4.78, 5) is 15.7. The number of benzene rings is 1. The number of piperidine rings is 1. The quantitative estimate of drug-likeness (QED) is 0.340. The Kier molecular flexibility index (Phi) is 10.1. The summed E-state index contributed by atoms with van der Waals surface area (Å²) in [6.07, 6.45) is 12.1. The fourth-order valence-electron chi connectivity index (χ4n) is 5.31. The highest BCUT2D eigenvalue weighted by Crippen LogP contribution is 2.35. The molecular formula is C28H40N6O4. The second kappa shape index (κ2) is 13.9. The summed E-state index contributed by atoms with van der Waals surface area (Å²) in [5.74, 6) is 1.25. The van der Waals surface area contributed by atoms with Crippen LogP contribution in [-0.2, 0) is 11.2 Å². The van der Waals surface area contributed by atoms with Crippen molar-refractivity contribution in [1.82, 2.24) is 25.7 Å². The average molecular weight is 525 g/mol. The number of hydrogen-bond donors (Lipinski definition) is 3. The standard InChI is InChI=1S/C28H40N6O4/c1-36-24-11-8-12-25(37-2)27(24)23(31-20-9-4-5-10-20)18-22(29)28(35)32-21(17-26-33-30-19-38-26)13-16-34-14-6-3-7-15-34/h8,11-12,18-21,29,31H,3-7,9-10,13-17H2,1-2H3,(H,32,35)/b23-18-,29-22?. The fraction of sp³-hybridized carbons (Fsp3) is 0.571. The van der Waals surface area contributed by atoms with Gasteiger partial charge in [-0.25, -0.2) is 0 Å². The number of carbonyl (C=O) groups is 1. The van der Waals surface area contributed by atoms with Gasteiger partial charge in [-0.2, -0.15) is 0 Å². The van der Waals surface area contributed by atoms with E-state index in [4.69, 9.17) is 19.3 Å². The molecule has 2 aromatic rings. The molecule has 4 rings (SSSR count). The van der Waals surface area contributed by atoms with Crippen LogP contribution in [0.15, 0.2) is 35.1 Å². The van der Waals surface area contributed by atoms with Crippen molar-refractivity contribution in [3.05, 3.63) is 42.1 Å². The van der Waals surface area contributed by atoms with E-state index in [1.807, 2.05) is 18.2 Å². The Bertz CT molecular complexity index is 1050. The first-order valence-electron chi connectivity index (χ1n) is 13.6. The molecule has 1 saturated carbocycles. The van der Waals surface area contributed by atoms with Crippen LogP contribution in [-0.4, -0.2) is 72.7 Å². The first-order valence-corrected chi connectivity index (χ1v) is 13.6. The lowest BCUT2D eigenvalue weighted by Crippen LogP contribution is -2.43. The van der Waals surface area contributed by atoms with Crippen molar-refractivity contribution in [3.63, 3.8) is 0 Å². The van der Waals surface area contributed by atoms with Crippen molar-refractivity contribution in [2.45, 2.75) is 69.9 Å². The van der Waals surface area contributed by atoms with E-state index in [2.05, 4.69) is 25.7 Å². The normalized spacial score (nSPS) is 17.7. The van der Waals surface area contributed by atoms with Crippen LogP contribution in [0.2, 0.25) is 0 Å². The van der Waals surface area contributed by atoms with Crippen molar-refractivity contribution in [2.75, 3.05) is 33.9 Å². The van der Waals surface area contributed by atoms with Crippen LogP contribution in [0, 0.1) is 5.41 Å². The average Bonchev–Trinajstić information content (AvgIpc) is 3.66. The van der Waals surface area contributed by atoms with Crippen LogP contribution in [0.5, 0.6) is 11.5 Å². The Labute approximate surface area is 224 Å². The molecule has 1 unspecified atom stereocenters. The molecule has 1 aliphatic carbocycles. The van der Waals surface area contributed by atoms with E-state index >= 15 is 0 Å². The Hall–Kier alpha value is -3.40. The predicted molar refractivity (Wildman–Crippen MR) is 145 cm³/mol. The van der Waals surface area contributed by atoms with Gasteiger partial charge in [0.15, 0.2) is 0 Å². The number of hydrogen-bond acceptors (Lipinski definition) is 9. The molecule has 0 bridgehead atoms. The topological polar surface area (TPSA) is 126 Å². The molecule has 206 valence electrons. The van der Waals surface area contributed by atoms with Crippen LogP contribution >= 0.6 is 0 Å². The molecule has 2 heterocycles. The van der Waals surface area contributed by atoms with E-state index in [1.54, 1.807) is 20.3 Å². The molecule has 1 aromatic heterocycles. The van der Waals surface area contributed by atoms with Crippen LogP contribution < -0.4 is 20.1 Å². The molecule has 1 aliphatic heterocycles. The first kappa shape index (κ1) is 27.6. The molecule has 3 N–H and O–H groups in total. The summed E-state index contributed by atoms with van der Waals surface area (Å²) in [6, 6.07) is 5.60. The highest BCUT2D eigenvalue weighted by molar-refractivity contribution is 6.43. The molecule has 10 nitrogen and oxygen atoms in total. The zero-order valence-corrected chi connectivity index (χ0v) is 22.5. The Balaban J connectivity index is 1.52. The van der Waals surface area contributed by atoms with E-state index < -0.39 is 5.91 Å². The molecular weight excluding hydrogens is 484 g/mol. The Morgan fingerprint density at radius 1 is 1.16 bits per heavy atom. The van der Waals surface area contributed by atoms with E-state index in [0.29, 0.717) is 35.1 Å². The second-order valence-electron chi connectivity index (χ2n) is 10.0. The lowest BCUT2D eigenvalue weighted by atomic mass is 10.0. The maximum atomic E-state index is 13.3. The molecule has 2 aliphatic rings. The maximum Gasteiger partial charge on any atom is 0.269 e. The summed E-state index contributed by atoms with van der Waals surface area (Å²) >= 11 is 0. The minimum absolute atomic E-state index is 0.146. The Morgan fingerprint density at radius 3 is 2.50 bits per heavy atom. The molecule has 0 radical (unpaired) electrons. The van der Waals surface area contributed by atoms with Gasteiger partial charge in [0.2, 0.25) is 12.3 Å². The second-order valence-corrected chi connectivity index (χ2v) is 10.0. The van der Waals surface area contributed by atoms with Crippen LogP contribution in [0.1, 0.15) is 62.8 Å². The van der Waals surface area contributed by atoms with Crippen molar-refractivity contribution in [3.8, 4) is 11.5 Å². The summed E-state index contributed by atoms with van der Waals surface area (Å²) in [5.41, 5.74) is 1.20. The van der Waals surface area contributed by atoms with E-state index in [1.165, 1.54) is 25.7 Å². The van der Waals surface area contributed by atoms with Crippen molar-refractivity contribution in [2.24, 2.45) is 0 Å². The van der Waals surface area contributed by atoms with Gasteiger partial charge in [-0.05, 0) is 63.4 Å². The van der Waals surface area contributed by atoms with Crippen molar-refractivity contribution in [1.29, 1.82) is 5.41 Å². The zero-order valence-electron chi connectivity index (χ0n) is 22.5. The first-order chi connectivity index (χ1) is 18.6. The molecule has 1 saturated heterocycles. The number of amides is 1. The van der Waals surface area contributed by atoms with Gasteiger partial charge < -0.3 is 29.4 Å². The van der Waals surface area contributed by atoms with Gasteiger partial charge in [0.1, 0.15) is 17.2 Å². The van der Waals surface area contributed by atoms with Gasteiger partial charge in [-0.3, -0.25) is 10.2 Å². The summed E-state index contributed by atoms with van der Waals surface area (Å²) in [6.45, 7) is 3.03. The number of methoxy groups -OCH3 is 2. The molecule has 10 heteroatoms. The number of rotatable bonds is 13. The predicted octanol–water partition coefficient (Wildman–Crippen LogP) is 3.58. The Morgan fingerprint density at radius 2 is 1.87 bits per heavy atom. The molecule has 38 heavy (non-hydrogen) atoms. The summed E-state index contributed by atoms with van der Waals surface area (Å²) in [5, 5.41) is 23.1. The number of ether oxygens (including phenoxy) is 2. The smallest absolute Gasteiger partial charge is 0.269 e. The van der Waals surface area contributed by atoms with Gasteiger partial charge in [0.05, 0.1) is 25.5 Å². The third kappa shape index (κ3) is 7.56. The van der Waals surface area contributed by atoms with Crippen LogP contribution in [0.3, 0.4) is 0 Å². The fourth-order valence-corrected chi connectivity index (χ4v) is 5.31. The number of nitrogens with zero attached hydrogens (tertiary/aromatic N) is 3. The molecule has 2 fully saturated rings. The number of carbonyl (C=O) groups excluding carboxylic acids is 1. The van der Waals surface area contributed by atoms with Crippen molar-refractivity contribution >= 4 is 17.3 Å². The molecule has 0 spiro atoms. The number of nitrogens with one attached hydrogen (secondary N) is 3. The SMILES string of the molecule is COc1cccc(OC)c1/C(=C/C(=N)C(=O)NC(CCN1CCCCC1)Cc1nnco1)NC1CCCC1. The third-order valence-corrected chi connectivity index (χ3v) is 7.35. The maximum absolute atomic E-state index is 13.3. The lowest BCUT2D eigenvalue weighted by molar-refractivity contribution is -0.115. The minimum Gasteiger partial charge on any atom is -0.496 e. The molecule has 1 amide bonds. The molecule has 1 aromatic carbocycles. The van der Waals surface area contributed by atoms with Crippen LogP contribution in [0.4, 0.5) is 0 Å². The van der Waals surface area contributed by atoms with Gasteiger partial charge in [0, 0.05) is 25.0 Å². The van der Waals surface area contributed by atoms with E-state index in [0.717, 1.165) is 51.7 Å². The summed E-state index contributed by atoms with van der Waals surface area (Å²) in [7, 11) is 3.21. The molecule has 1 atom stereocenters. The highest BCUT2D eigenvalue weighted by Gasteiger charge is 2.24. The highest BCUT2D eigenvalue weighted by atomic mass is 16.5. The van der Waals surface area contributed by atoms with Gasteiger partial charge in [-0.15, -0.1) is 10.2 Å². The van der Waals surface area contributed by atoms with E-state index in [9.17, 15) is 4.79 Å². The largest absolute Gasteiger partial charge is 0.496 e. The lowest BCUT2D eigenvalue weighted by Gasteiger charge is -2.28. The van der Waals surface area contributed by atoms with Gasteiger partial charge >= 0.3 is 0 Å². The monoisotopic (exact) mass is 524 g/mol. The van der Waals surface area contributed by atoms with Crippen LogP contribution in [0.25, 0.3) is 5.70 Å². The third-order valence-electron chi connectivity index (χ3n) is 7.35. The van der Waals surface area contributed by atoms with Gasteiger partial charge in [0.25, 0.3) is 5.91 Å². The summed E-state index contributed by atoms with van der Waals surface area (Å²) < 4.78 is 16.6. The number of aromatic nitrogens is 2. The zero-order chi connectivity index (χ0) is 26.7. The van der Waals surface area contributed by atoms with Crippen molar-refractivity contribution < 1.29 is 18.7 Å². The van der Waals surface area contributed by atoms with Gasteiger partial charge in [-0.1, -0.05) is 25.3 Å². The van der Waals surface area contributed by atoms with E-state index in [-0.39, 0.29) is 17.8 Å². The minimum atomic E-state index is -0.451. The number of likely N-dealkylation sites (tertiary alicyclic amines) is 1.